The summed E-state index contributed by atoms with van der Waals surface area (Å²) in [5.74, 6) is -0.147. The van der Waals surface area contributed by atoms with Crippen molar-refractivity contribution in [1.29, 1.82) is 0 Å². The topological polar surface area (TPSA) is 94.6 Å². The van der Waals surface area contributed by atoms with Crippen molar-refractivity contribution in [3.63, 3.8) is 0 Å². The van der Waals surface area contributed by atoms with Crippen LogP contribution in [-0.2, 0) is 0 Å². The highest BCUT2D eigenvalue weighted by Gasteiger charge is 2.33. The van der Waals surface area contributed by atoms with Gasteiger partial charge in [-0.2, -0.15) is 0 Å². The number of aromatic nitrogens is 1. The van der Waals surface area contributed by atoms with Gasteiger partial charge in [0.1, 0.15) is 9.71 Å². The summed E-state index contributed by atoms with van der Waals surface area (Å²) in [4.78, 5) is 33.8. The van der Waals surface area contributed by atoms with Crippen LogP contribution in [0, 0.1) is 0 Å². The lowest BCUT2D eigenvalue weighted by molar-refractivity contribution is 0.0936. The third-order valence-electron chi connectivity index (χ3n) is 6.65. The van der Waals surface area contributed by atoms with E-state index in [2.05, 4.69) is 22.2 Å². The highest BCUT2D eigenvalue weighted by Crippen LogP contribution is 2.44. The normalized spacial score (nSPS) is 18.2. The minimum absolute atomic E-state index is 0.0687. The van der Waals surface area contributed by atoms with E-state index in [-0.39, 0.29) is 25.5 Å². The zero-order valence-electron chi connectivity index (χ0n) is 20.3. The van der Waals surface area contributed by atoms with E-state index in [0.29, 0.717) is 26.8 Å². The van der Waals surface area contributed by atoms with Gasteiger partial charge in [-0.3, -0.25) is 9.69 Å². The maximum absolute atomic E-state index is 13.4. The van der Waals surface area contributed by atoms with Crippen LogP contribution in [0.2, 0.25) is 0 Å². The number of carbonyl (C=O) groups is 2. The molecule has 9 heteroatoms. The monoisotopic (exact) mass is 492 g/mol. The van der Waals surface area contributed by atoms with Crippen molar-refractivity contribution in [1.82, 2.24) is 10.3 Å². The van der Waals surface area contributed by atoms with Crippen LogP contribution in [0.3, 0.4) is 0 Å². The molecule has 0 aromatic carbocycles. The summed E-state index contributed by atoms with van der Waals surface area (Å²) in [7, 11) is -0.0687. The molecule has 1 aliphatic carbocycles. The summed E-state index contributed by atoms with van der Waals surface area (Å²) in [6.45, 7) is 5.67. The lowest BCUT2D eigenvalue weighted by Crippen LogP contribution is -2.38. The van der Waals surface area contributed by atoms with Gasteiger partial charge < -0.3 is 15.7 Å². The third kappa shape index (κ3) is 5.68. The summed E-state index contributed by atoms with van der Waals surface area (Å²) in [5, 5.41) is 16.2. The van der Waals surface area contributed by atoms with E-state index in [1.165, 1.54) is 48.3 Å². The first-order valence-corrected chi connectivity index (χ1v) is 13.3. The Morgan fingerprint density at radius 1 is 1.23 bits per heavy atom. The van der Waals surface area contributed by atoms with Crippen molar-refractivity contribution < 1.29 is 14.6 Å². The van der Waals surface area contributed by atoms with Crippen LogP contribution in [-0.4, -0.2) is 35.5 Å². The Labute approximate surface area is 211 Å². The molecule has 35 heavy (non-hydrogen) atoms. The number of nitrogens with one attached hydrogen (secondary N) is 2. The first kappa shape index (κ1) is 25.2. The number of amides is 3. The van der Waals surface area contributed by atoms with Gasteiger partial charge >= 0.3 is 6.03 Å². The second-order valence-electron chi connectivity index (χ2n) is 9.27. The second kappa shape index (κ2) is 11.7. The molecule has 7 nitrogen and oxygen atoms in total. The number of hydrogen-bond donors (Lipinski definition) is 3. The quantitative estimate of drug-likeness (QED) is 0.362. The maximum atomic E-state index is 13.4. The lowest BCUT2D eigenvalue weighted by atomic mass is 9.89. The average Bonchev–Trinajstić information content (AvgIpc) is 3.24. The summed E-state index contributed by atoms with van der Waals surface area (Å²) < 4.78 is 0. The molecular weight excluding hydrogens is 459 g/mol. The Balaban J connectivity index is 1.65. The van der Waals surface area contributed by atoms with E-state index in [4.69, 9.17) is 0 Å². The number of hydrogen-bond acceptors (Lipinski definition) is 5. The van der Waals surface area contributed by atoms with Gasteiger partial charge in [0.05, 0.1) is 22.5 Å². The van der Waals surface area contributed by atoms with E-state index in [1.54, 1.807) is 37.4 Å². The molecule has 3 heterocycles. The van der Waals surface area contributed by atoms with Crippen molar-refractivity contribution in [3.05, 3.63) is 53.1 Å². The van der Waals surface area contributed by atoms with Crippen LogP contribution in [0.15, 0.2) is 48.2 Å². The van der Waals surface area contributed by atoms with Crippen molar-refractivity contribution >= 4 is 52.3 Å². The summed E-state index contributed by atoms with van der Waals surface area (Å²) in [6.07, 6.45) is 17.3. The minimum atomic E-state index is -0.364. The molecule has 0 bridgehead atoms. The minimum Gasteiger partial charge on any atom is -0.449 e. The van der Waals surface area contributed by atoms with Crippen LogP contribution in [0.4, 0.5) is 16.2 Å². The number of anilines is 2. The van der Waals surface area contributed by atoms with Gasteiger partial charge in [-0.1, -0.05) is 63.1 Å². The highest BCUT2D eigenvalue weighted by atomic mass is 32.1. The van der Waals surface area contributed by atoms with Crippen molar-refractivity contribution in [2.24, 2.45) is 0 Å². The van der Waals surface area contributed by atoms with Gasteiger partial charge in [-0.05, 0) is 38.0 Å². The standard InChI is InChI=1S/C26H33BN4O3S/c1-3-19(14-13-17(2)27-34)31-20-15-16-28-25-21(20)22(30-26(31)33)23(35-25)24(32)29-18-11-9-7-5-4-6-8-10-12-18/h3,13-16,18,27,34H,1,4-12H2,2H3,(H,29,32)(H,30,33)/b17-13+,19-14+. The van der Waals surface area contributed by atoms with E-state index in [9.17, 15) is 14.6 Å². The largest absolute Gasteiger partial charge is 0.449 e. The lowest BCUT2D eigenvalue weighted by Gasteiger charge is -2.29. The fraction of sp³-hybridized carbons (Fsp3) is 0.423. The van der Waals surface area contributed by atoms with Crippen molar-refractivity contribution in [3.8, 4) is 0 Å². The smallest absolute Gasteiger partial charge is 0.331 e. The van der Waals surface area contributed by atoms with Crippen LogP contribution >= 0.6 is 11.3 Å². The van der Waals surface area contributed by atoms with Crippen LogP contribution in [0.1, 0.15) is 74.4 Å². The molecular formula is C26H33BN4O3S. The molecule has 0 spiro atoms. The number of pyridine rings is 1. The fourth-order valence-electron chi connectivity index (χ4n) is 4.72. The van der Waals surface area contributed by atoms with Gasteiger partial charge in [0.25, 0.3) is 13.4 Å². The van der Waals surface area contributed by atoms with Gasteiger partial charge in [0.2, 0.25) is 0 Å². The zero-order chi connectivity index (χ0) is 24.8. The molecule has 0 radical (unpaired) electrons. The maximum Gasteiger partial charge on any atom is 0.331 e. The Morgan fingerprint density at radius 3 is 2.57 bits per heavy atom. The molecule has 2 aliphatic rings. The van der Waals surface area contributed by atoms with Gasteiger partial charge in [0, 0.05) is 12.2 Å². The van der Waals surface area contributed by atoms with Crippen molar-refractivity contribution in [2.45, 2.75) is 70.8 Å². The highest BCUT2D eigenvalue weighted by molar-refractivity contribution is 7.21. The Hall–Kier alpha value is -2.91. The van der Waals surface area contributed by atoms with Crippen LogP contribution in [0.5, 0.6) is 0 Å². The number of thiophene rings is 1. The SMILES string of the molecule is C=C/C(=C\C=C(/C)BO)N1C(=O)Nc2c(C(=O)NC3CCCCCCCCC3)sc3nccc1c23. The van der Waals surface area contributed by atoms with Crippen LogP contribution < -0.4 is 15.5 Å². The molecule has 2 aromatic rings. The molecule has 3 N–H and O–H groups in total. The molecule has 184 valence electrons. The van der Waals surface area contributed by atoms with E-state index in [1.807, 2.05) is 0 Å². The van der Waals surface area contributed by atoms with E-state index in [0.717, 1.165) is 36.5 Å². The second-order valence-corrected chi connectivity index (χ2v) is 10.3. The summed E-state index contributed by atoms with van der Waals surface area (Å²) in [5.41, 5.74) is 2.51. The van der Waals surface area contributed by atoms with E-state index < -0.39 is 0 Å². The van der Waals surface area contributed by atoms with Gasteiger partial charge in [-0.25, -0.2) is 9.78 Å². The predicted molar refractivity (Wildman–Crippen MR) is 145 cm³/mol. The van der Waals surface area contributed by atoms with Crippen molar-refractivity contribution in [2.75, 3.05) is 10.2 Å². The molecule has 1 aliphatic heterocycles. The summed E-state index contributed by atoms with van der Waals surface area (Å²) in [6, 6.07) is 1.57. The first-order chi connectivity index (χ1) is 17.0. The molecule has 0 unspecified atom stereocenters. The number of allylic oxidation sites excluding steroid dienone is 4. The van der Waals surface area contributed by atoms with Gasteiger partial charge in [0.15, 0.2) is 0 Å². The number of carbonyl (C=O) groups excluding carboxylic acids is 2. The zero-order valence-corrected chi connectivity index (χ0v) is 21.1. The Morgan fingerprint density at radius 2 is 1.91 bits per heavy atom. The molecule has 0 saturated heterocycles. The fourth-order valence-corrected chi connectivity index (χ4v) is 5.74. The number of nitrogens with zero attached hydrogens (tertiary/aromatic N) is 2. The molecule has 0 atom stereocenters. The molecule has 4 rings (SSSR count). The molecule has 2 aromatic heterocycles. The van der Waals surface area contributed by atoms with Gasteiger partial charge in [-0.15, -0.1) is 11.3 Å². The Bertz CT molecular complexity index is 1160. The van der Waals surface area contributed by atoms with E-state index >= 15 is 0 Å². The predicted octanol–water partition coefficient (Wildman–Crippen LogP) is 5.59. The first-order valence-electron chi connectivity index (χ1n) is 12.5. The Kier molecular flexibility index (Phi) is 8.41. The molecule has 1 fully saturated rings. The average molecular weight is 492 g/mol. The third-order valence-corrected chi connectivity index (χ3v) is 7.74. The molecule has 1 saturated carbocycles. The summed E-state index contributed by atoms with van der Waals surface area (Å²) >= 11 is 1.31. The number of urea groups is 1. The molecule has 3 amide bonds. The van der Waals surface area contributed by atoms with Crippen LogP contribution in [0.25, 0.3) is 10.2 Å². The number of rotatable bonds is 6.